The van der Waals surface area contributed by atoms with Crippen molar-refractivity contribution in [2.45, 2.75) is 72.1 Å². The summed E-state index contributed by atoms with van der Waals surface area (Å²) >= 11 is 0. The van der Waals surface area contributed by atoms with Crippen LogP contribution in [0.15, 0.2) is 0 Å². The minimum atomic E-state index is 0.519. The maximum Gasteiger partial charge on any atom is 0.0107 e. The molecule has 0 atom stereocenters. The van der Waals surface area contributed by atoms with Gasteiger partial charge in [-0.05, 0) is 75.4 Å². The zero-order valence-corrected chi connectivity index (χ0v) is 14.8. The lowest BCUT2D eigenvalue weighted by molar-refractivity contribution is 0.148. The Bertz CT molecular complexity index is 266. The monoisotopic (exact) mass is 294 g/mol. The van der Waals surface area contributed by atoms with Crippen molar-refractivity contribution in [2.24, 2.45) is 17.3 Å². The maximum absolute atomic E-state index is 3.73. The van der Waals surface area contributed by atoms with E-state index in [9.17, 15) is 0 Å². The zero-order valence-electron chi connectivity index (χ0n) is 14.8. The first kappa shape index (κ1) is 17.3. The maximum atomic E-state index is 3.73. The van der Waals surface area contributed by atoms with Crippen molar-refractivity contribution in [3.8, 4) is 0 Å². The molecule has 2 heteroatoms. The largest absolute Gasteiger partial charge is 0.315 e. The third-order valence-electron chi connectivity index (χ3n) is 5.81. The molecule has 2 fully saturated rings. The smallest absolute Gasteiger partial charge is 0.0107 e. The molecular weight excluding hydrogens is 256 g/mol. The van der Waals surface area contributed by atoms with E-state index in [0.29, 0.717) is 5.41 Å². The minimum absolute atomic E-state index is 0.519. The first-order valence-electron chi connectivity index (χ1n) is 9.49. The minimum Gasteiger partial charge on any atom is -0.315 e. The summed E-state index contributed by atoms with van der Waals surface area (Å²) < 4.78 is 0. The summed E-state index contributed by atoms with van der Waals surface area (Å²) in [7, 11) is 0. The lowest BCUT2D eigenvalue weighted by atomic mass is 9.70. The van der Waals surface area contributed by atoms with Gasteiger partial charge in [0.2, 0.25) is 0 Å². The number of hydrogen-bond acceptors (Lipinski definition) is 2. The second kappa shape index (κ2) is 8.53. The van der Waals surface area contributed by atoms with Crippen LogP contribution in [0.5, 0.6) is 0 Å². The topological polar surface area (TPSA) is 15.3 Å². The zero-order chi connectivity index (χ0) is 15.1. The van der Waals surface area contributed by atoms with Gasteiger partial charge in [-0.1, -0.05) is 33.6 Å². The molecule has 0 aromatic heterocycles. The van der Waals surface area contributed by atoms with Crippen LogP contribution in [-0.4, -0.2) is 37.6 Å². The van der Waals surface area contributed by atoms with E-state index in [1.807, 2.05) is 0 Å². The fourth-order valence-electron chi connectivity index (χ4n) is 4.14. The van der Waals surface area contributed by atoms with Crippen molar-refractivity contribution in [3.05, 3.63) is 0 Å². The molecule has 0 amide bonds. The van der Waals surface area contributed by atoms with E-state index in [-0.39, 0.29) is 0 Å². The average Bonchev–Trinajstić information content (AvgIpc) is 2.72. The van der Waals surface area contributed by atoms with Crippen LogP contribution in [0, 0.1) is 17.3 Å². The van der Waals surface area contributed by atoms with Gasteiger partial charge in [-0.15, -0.1) is 0 Å². The molecule has 1 aliphatic carbocycles. The predicted octanol–water partition coefficient (Wildman–Crippen LogP) is 4.30. The summed E-state index contributed by atoms with van der Waals surface area (Å²) in [6.07, 6.45) is 11.5. The second-order valence-corrected chi connectivity index (χ2v) is 8.54. The van der Waals surface area contributed by atoms with Crippen LogP contribution in [0.4, 0.5) is 0 Å². The standard InChI is InChI=1S/C19H38N2/c1-19(2,3)18-10-8-17(9-11-18)16-20-12-15-21-13-6-4-5-7-14-21/h17-18,20H,4-16H2,1-3H3. The Balaban J connectivity index is 1.53. The molecule has 1 N–H and O–H groups in total. The average molecular weight is 295 g/mol. The second-order valence-electron chi connectivity index (χ2n) is 8.54. The van der Waals surface area contributed by atoms with E-state index >= 15 is 0 Å². The molecule has 0 radical (unpaired) electrons. The third-order valence-corrected chi connectivity index (χ3v) is 5.81. The molecule has 1 saturated carbocycles. The lowest BCUT2D eigenvalue weighted by Crippen LogP contribution is -2.36. The van der Waals surface area contributed by atoms with Gasteiger partial charge in [0.1, 0.15) is 0 Å². The van der Waals surface area contributed by atoms with Crippen LogP contribution >= 0.6 is 0 Å². The molecular formula is C19H38N2. The molecule has 2 rings (SSSR count). The van der Waals surface area contributed by atoms with Gasteiger partial charge in [-0.25, -0.2) is 0 Å². The molecule has 1 aliphatic heterocycles. The van der Waals surface area contributed by atoms with Crippen molar-refractivity contribution < 1.29 is 0 Å². The van der Waals surface area contributed by atoms with Gasteiger partial charge in [0, 0.05) is 13.1 Å². The van der Waals surface area contributed by atoms with Gasteiger partial charge >= 0.3 is 0 Å². The highest BCUT2D eigenvalue weighted by Crippen LogP contribution is 2.39. The molecule has 21 heavy (non-hydrogen) atoms. The normalized spacial score (nSPS) is 29.3. The van der Waals surface area contributed by atoms with Gasteiger partial charge in [0.15, 0.2) is 0 Å². The van der Waals surface area contributed by atoms with Crippen LogP contribution in [0.2, 0.25) is 0 Å². The quantitative estimate of drug-likeness (QED) is 0.760. The van der Waals surface area contributed by atoms with Crippen LogP contribution in [0.25, 0.3) is 0 Å². The summed E-state index contributed by atoms with van der Waals surface area (Å²) in [4.78, 5) is 2.66. The molecule has 0 aromatic carbocycles. The fourth-order valence-corrected chi connectivity index (χ4v) is 4.14. The van der Waals surface area contributed by atoms with Crippen molar-refractivity contribution in [2.75, 3.05) is 32.7 Å². The summed E-state index contributed by atoms with van der Waals surface area (Å²) in [6, 6.07) is 0. The number of rotatable bonds is 5. The van der Waals surface area contributed by atoms with E-state index in [4.69, 9.17) is 0 Å². The molecule has 124 valence electrons. The van der Waals surface area contributed by atoms with Crippen molar-refractivity contribution in [1.29, 1.82) is 0 Å². The number of likely N-dealkylation sites (tertiary alicyclic amines) is 1. The Morgan fingerprint density at radius 2 is 1.52 bits per heavy atom. The number of hydrogen-bond donors (Lipinski definition) is 1. The van der Waals surface area contributed by atoms with Crippen LogP contribution < -0.4 is 5.32 Å². The van der Waals surface area contributed by atoms with Crippen molar-refractivity contribution in [1.82, 2.24) is 10.2 Å². The van der Waals surface area contributed by atoms with Crippen LogP contribution in [0.3, 0.4) is 0 Å². The highest BCUT2D eigenvalue weighted by Gasteiger charge is 2.29. The van der Waals surface area contributed by atoms with Crippen LogP contribution in [-0.2, 0) is 0 Å². The first-order valence-corrected chi connectivity index (χ1v) is 9.49. The summed E-state index contributed by atoms with van der Waals surface area (Å²) in [5, 5.41) is 3.73. The first-order chi connectivity index (χ1) is 10.1. The summed E-state index contributed by atoms with van der Waals surface area (Å²) in [6.45, 7) is 13.6. The SMILES string of the molecule is CC(C)(C)C1CCC(CNCCN2CCCCCC2)CC1. The van der Waals surface area contributed by atoms with Crippen LogP contribution in [0.1, 0.15) is 72.1 Å². The number of nitrogens with zero attached hydrogens (tertiary/aromatic N) is 1. The summed E-state index contributed by atoms with van der Waals surface area (Å²) in [5.74, 6) is 1.89. The Morgan fingerprint density at radius 1 is 0.905 bits per heavy atom. The van der Waals surface area contributed by atoms with E-state index in [1.165, 1.54) is 84.1 Å². The van der Waals surface area contributed by atoms with Gasteiger partial charge in [0.05, 0.1) is 0 Å². The third kappa shape index (κ3) is 6.28. The highest BCUT2D eigenvalue weighted by molar-refractivity contribution is 4.81. The lowest BCUT2D eigenvalue weighted by Gasteiger charge is -2.37. The van der Waals surface area contributed by atoms with E-state index in [2.05, 4.69) is 31.0 Å². The molecule has 1 saturated heterocycles. The Kier molecular flexibility index (Phi) is 7.01. The molecule has 2 nitrogen and oxygen atoms in total. The van der Waals surface area contributed by atoms with E-state index in [0.717, 1.165) is 11.8 Å². The van der Waals surface area contributed by atoms with Crippen molar-refractivity contribution >= 4 is 0 Å². The van der Waals surface area contributed by atoms with Gasteiger partial charge in [0.25, 0.3) is 0 Å². The molecule has 0 bridgehead atoms. The summed E-state index contributed by atoms with van der Waals surface area (Å²) in [5.41, 5.74) is 0.519. The molecule has 0 unspecified atom stereocenters. The van der Waals surface area contributed by atoms with Gasteiger partial charge in [-0.3, -0.25) is 0 Å². The predicted molar refractivity (Wildman–Crippen MR) is 92.7 cm³/mol. The van der Waals surface area contributed by atoms with Crippen molar-refractivity contribution in [3.63, 3.8) is 0 Å². The number of nitrogens with one attached hydrogen (secondary N) is 1. The van der Waals surface area contributed by atoms with Gasteiger partial charge < -0.3 is 10.2 Å². The Morgan fingerprint density at radius 3 is 2.10 bits per heavy atom. The highest BCUT2D eigenvalue weighted by atomic mass is 15.1. The molecule has 0 spiro atoms. The molecule has 0 aromatic rings. The Hall–Kier alpha value is -0.0800. The fraction of sp³-hybridized carbons (Fsp3) is 1.00. The molecule has 1 heterocycles. The van der Waals surface area contributed by atoms with Gasteiger partial charge in [-0.2, -0.15) is 0 Å². The van der Waals surface area contributed by atoms with E-state index in [1.54, 1.807) is 0 Å². The molecule has 2 aliphatic rings. The van der Waals surface area contributed by atoms with E-state index < -0.39 is 0 Å². The Labute approximate surface area is 133 Å².